The molecule has 194 valence electrons. The molecule has 0 saturated carbocycles. The molecule has 9 nitrogen and oxygen atoms in total. The van der Waals surface area contributed by atoms with Crippen LogP contribution in [0.15, 0.2) is 61.1 Å². The molecule has 0 bridgehead atoms. The molecule has 3 N–H and O–H groups in total. The van der Waals surface area contributed by atoms with Crippen molar-refractivity contribution in [2.45, 2.75) is 12.7 Å². The van der Waals surface area contributed by atoms with Gasteiger partial charge in [-0.1, -0.05) is 17.7 Å². The van der Waals surface area contributed by atoms with Crippen molar-refractivity contribution >= 4 is 40.2 Å². The number of hydrogen-bond acceptors (Lipinski definition) is 6. The number of halogens is 4. The highest BCUT2D eigenvalue weighted by Gasteiger charge is 2.30. The number of carboxylic acid groups (broad SMARTS) is 1. The summed E-state index contributed by atoms with van der Waals surface area (Å²) >= 11 is 6.35. The van der Waals surface area contributed by atoms with Crippen molar-refractivity contribution in [2.75, 3.05) is 25.1 Å². The van der Waals surface area contributed by atoms with Gasteiger partial charge in [-0.2, -0.15) is 13.2 Å². The number of hydrogen-bond donors (Lipinski definition) is 3. The highest BCUT2D eigenvalue weighted by atomic mass is 35.5. The van der Waals surface area contributed by atoms with Gasteiger partial charge in [-0.3, -0.25) is 0 Å². The Morgan fingerprint density at radius 3 is 2.70 bits per heavy atom. The van der Waals surface area contributed by atoms with E-state index in [1.165, 1.54) is 18.5 Å². The summed E-state index contributed by atoms with van der Waals surface area (Å²) in [4.78, 5) is 19.1. The molecule has 0 spiro atoms. The van der Waals surface area contributed by atoms with Crippen molar-refractivity contribution in [2.24, 2.45) is 0 Å². The molecule has 0 atom stereocenters. The molecule has 0 aliphatic heterocycles. The quantitative estimate of drug-likeness (QED) is 0.216. The van der Waals surface area contributed by atoms with Crippen LogP contribution in [0.1, 0.15) is 5.56 Å². The van der Waals surface area contributed by atoms with Gasteiger partial charge in [0.2, 0.25) is 0 Å². The third kappa shape index (κ3) is 6.80. The number of nitrogens with zero attached hydrogens (tertiary/aromatic N) is 3. The van der Waals surface area contributed by atoms with Crippen molar-refractivity contribution in [3.8, 4) is 11.5 Å². The summed E-state index contributed by atoms with van der Waals surface area (Å²) in [5, 5.41) is 14.2. The molecular weight excluding hydrogens is 515 g/mol. The van der Waals surface area contributed by atoms with Crippen molar-refractivity contribution in [3.63, 3.8) is 0 Å². The van der Waals surface area contributed by atoms with Crippen LogP contribution in [-0.4, -0.2) is 45.5 Å². The number of alkyl halides is 3. The van der Waals surface area contributed by atoms with Crippen LogP contribution in [0.2, 0.25) is 5.02 Å². The molecule has 2 heterocycles. The Balaban J connectivity index is 1.45. The van der Waals surface area contributed by atoms with E-state index in [0.717, 1.165) is 17.6 Å². The summed E-state index contributed by atoms with van der Waals surface area (Å²) in [6.45, 7) is 1.24. The molecule has 0 aliphatic rings. The fourth-order valence-electron chi connectivity index (χ4n) is 3.47. The summed E-state index contributed by atoms with van der Waals surface area (Å²) in [6.07, 6.45) is -2.34. The zero-order chi connectivity index (χ0) is 26.4. The SMILES string of the molecule is O=C(O)NCCOCCn1ccc2ncnc(Nc3ccc(Oc4cccc(C(F)(F)F)c4)c(Cl)c3)c21. The summed E-state index contributed by atoms with van der Waals surface area (Å²) in [7, 11) is 0. The van der Waals surface area contributed by atoms with Crippen LogP contribution in [0.25, 0.3) is 11.0 Å². The summed E-state index contributed by atoms with van der Waals surface area (Å²) in [6, 6.07) is 11.1. The van der Waals surface area contributed by atoms with Crippen molar-refractivity contribution < 1.29 is 32.5 Å². The zero-order valence-corrected chi connectivity index (χ0v) is 19.9. The number of benzene rings is 2. The summed E-state index contributed by atoms with van der Waals surface area (Å²) < 4.78 is 51.9. The molecule has 4 aromatic rings. The maximum atomic E-state index is 13.0. The predicted molar refractivity (Wildman–Crippen MR) is 131 cm³/mol. The van der Waals surface area contributed by atoms with Gasteiger partial charge in [0.05, 0.1) is 29.3 Å². The van der Waals surface area contributed by atoms with Crippen LogP contribution in [0.4, 0.5) is 29.5 Å². The van der Waals surface area contributed by atoms with E-state index in [-0.39, 0.29) is 29.7 Å². The second-order valence-corrected chi connectivity index (χ2v) is 8.11. The smallest absolute Gasteiger partial charge is 0.416 e. The maximum absolute atomic E-state index is 13.0. The molecule has 1 amide bonds. The van der Waals surface area contributed by atoms with Gasteiger partial charge in [0.15, 0.2) is 5.82 Å². The predicted octanol–water partition coefficient (Wildman–Crippen LogP) is 5.92. The van der Waals surface area contributed by atoms with Crippen LogP contribution < -0.4 is 15.4 Å². The first-order chi connectivity index (χ1) is 17.7. The average molecular weight is 536 g/mol. The van der Waals surface area contributed by atoms with Gasteiger partial charge in [-0.25, -0.2) is 14.8 Å². The van der Waals surface area contributed by atoms with Gasteiger partial charge in [0.1, 0.15) is 23.3 Å². The van der Waals surface area contributed by atoms with Gasteiger partial charge in [0.25, 0.3) is 0 Å². The van der Waals surface area contributed by atoms with E-state index in [9.17, 15) is 18.0 Å². The monoisotopic (exact) mass is 535 g/mol. The Morgan fingerprint density at radius 1 is 1.11 bits per heavy atom. The molecule has 0 unspecified atom stereocenters. The second kappa shape index (κ2) is 11.4. The van der Waals surface area contributed by atoms with E-state index in [1.807, 2.05) is 16.8 Å². The Bertz CT molecular complexity index is 1400. The standard InChI is InChI=1S/C24H21ClF3N5O4/c25-18-13-16(4-5-20(18)37-17-3-1-2-15(12-17)24(26,27)28)32-22-21-19(30-14-31-22)6-8-33(21)9-11-36-10-7-29-23(34)35/h1-6,8,12-14,29H,7,9-11H2,(H,34,35)(H,30,31,32). The Kier molecular flexibility index (Phi) is 7.99. The van der Waals surface area contributed by atoms with Gasteiger partial charge >= 0.3 is 12.3 Å². The molecular formula is C24H21ClF3N5O4. The van der Waals surface area contributed by atoms with E-state index < -0.39 is 17.8 Å². The highest BCUT2D eigenvalue weighted by Crippen LogP contribution is 2.36. The normalized spacial score (nSPS) is 11.5. The van der Waals surface area contributed by atoms with Crippen LogP contribution in [0.3, 0.4) is 0 Å². The Labute approximate surface area is 213 Å². The molecule has 13 heteroatoms. The van der Waals surface area contributed by atoms with Crippen molar-refractivity contribution in [1.29, 1.82) is 0 Å². The lowest BCUT2D eigenvalue weighted by atomic mass is 10.2. The lowest BCUT2D eigenvalue weighted by molar-refractivity contribution is -0.137. The molecule has 2 aromatic heterocycles. The lowest BCUT2D eigenvalue weighted by Crippen LogP contribution is -2.25. The fraction of sp³-hybridized carbons (Fsp3) is 0.208. The van der Waals surface area contributed by atoms with Gasteiger partial charge in [0, 0.05) is 25.0 Å². The van der Waals surface area contributed by atoms with Gasteiger partial charge < -0.3 is 29.8 Å². The number of anilines is 2. The van der Waals surface area contributed by atoms with E-state index in [1.54, 1.807) is 18.2 Å². The lowest BCUT2D eigenvalue weighted by Gasteiger charge is -2.13. The molecule has 0 radical (unpaired) electrons. The van der Waals surface area contributed by atoms with Crippen LogP contribution in [-0.2, 0) is 17.5 Å². The topological polar surface area (TPSA) is 111 Å². The first-order valence-corrected chi connectivity index (χ1v) is 11.3. The van der Waals surface area contributed by atoms with E-state index in [4.69, 9.17) is 26.2 Å². The van der Waals surface area contributed by atoms with E-state index in [2.05, 4.69) is 20.6 Å². The minimum Gasteiger partial charge on any atom is -0.465 e. The number of carbonyl (C=O) groups is 1. The van der Waals surface area contributed by atoms with Crippen LogP contribution in [0.5, 0.6) is 11.5 Å². The minimum absolute atomic E-state index is 0.00808. The van der Waals surface area contributed by atoms with Gasteiger partial charge in [-0.05, 0) is 42.5 Å². The van der Waals surface area contributed by atoms with E-state index >= 15 is 0 Å². The molecule has 2 aromatic carbocycles. The molecule has 0 saturated heterocycles. The first kappa shape index (κ1) is 26.0. The van der Waals surface area contributed by atoms with Crippen molar-refractivity contribution in [3.05, 3.63) is 71.6 Å². The third-order valence-electron chi connectivity index (χ3n) is 5.13. The number of fused-ring (bicyclic) bond motifs is 1. The fourth-order valence-corrected chi connectivity index (χ4v) is 3.69. The second-order valence-electron chi connectivity index (χ2n) is 7.71. The average Bonchev–Trinajstić information content (AvgIpc) is 3.26. The van der Waals surface area contributed by atoms with Gasteiger partial charge in [-0.15, -0.1) is 0 Å². The molecule has 0 fully saturated rings. The molecule has 0 aliphatic carbocycles. The van der Waals surface area contributed by atoms with E-state index in [0.29, 0.717) is 30.2 Å². The molecule has 4 rings (SSSR count). The highest BCUT2D eigenvalue weighted by molar-refractivity contribution is 6.32. The van der Waals surface area contributed by atoms with Crippen LogP contribution in [0, 0.1) is 0 Å². The minimum atomic E-state index is -4.48. The zero-order valence-electron chi connectivity index (χ0n) is 19.1. The molecule has 37 heavy (non-hydrogen) atoms. The first-order valence-electron chi connectivity index (χ1n) is 11.0. The number of amides is 1. The Hall–Kier alpha value is -4.03. The number of ether oxygens (including phenoxy) is 2. The third-order valence-corrected chi connectivity index (χ3v) is 5.43. The van der Waals surface area contributed by atoms with Crippen molar-refractivity contribution in [1.82, 2.24) is 19.9 Å². The number of nitrogens with one attached hydrogen (secondary N) is 2. The number of aromatic nitrogens is 3. The summed E-state index contributed by atoms with van der Waals surface area (Å²) in [5.41, 5.74) is 1.17. The largest absolute Gasteiger partial charge is 0.465 e. The number of rotatable bonds is 10. The maximum Gasteiger partial charge on any atom is 0.416 e. The van der Waals surface area contributed by atoms with Crippen LogP contribution >= 0.6 is 11.6 Å². The summed E-state index contributed by atoms with van der Waals surface area (Å²) in [5.74, 6) is 0.705. The Morgan fingerprint density at radius 2 is 1.95 bits per heavy atom.